The van der Waals surface area contributed by atoms with Crippen molar-refractivity contribution in [3.8, 4) is 0 Å². The van der Waals surface area contributed by atoms with Crippen LogP contribution in [0.5, 0.6) is 0 Å². The van der Waals surface area contributed by atoms with E-state index in [0.29, 0.717) is 32.7 Å². The number of rotatable bonds is 5. The third kappa shape index (κ3) is 3.59. The molecule has 3 rings (SSSR count). The van der Waals surface area contributed by atoms with Crippen LogP contribution >= 0.6 is 0 Å². The Morgan fingerprint density at radius 3 is 2.46 bits per heavy atom. The highest BCUT2D eigenvalue weighted by Crippen LogP contribution is 2.20. The predicted molar refractivity (Wildman–Crippen MR) is 93.7 cm³/mol. The molecule has 0 aromatic carbocycles. The van der Waals surface area contributed by atoms with E-state index in [1.165, 1.54) is 16.4 Å². The molecule has 1 fully saturated rings. The third-order valence-corrected chi connectivity index (χ3v) is 4.63. The van der Waals surface area contributed by atoms with Gasteiger partial charge >= 0.3 is 5.69 Å². The Morgan fingerprint density at radius 1 is 1.23 bits per heavy atom. The Kier molecular flexibility index (Phi) is 5.03. The monoisotopic (exact) mass is 361 g/mol. The molecular formula is C16H23N7O3. The number of hydrogen-bond acceptors (Lipinski definition) is 6. The minimum atomic E-state index is -0.548. The molecule has 1 amide bonds. The van der Waals surface area contributed by atoms with Crippen LogP contribution in [0.15, 0.2) is 12.4 Å². The van der Waals surface area contributed by atoms with Gasteiger partial charge in [-0.3, -0.25) is 29.2 Å². The van der Waals surface area contributed by atoms with E-state index in [4.69, 9.17) is 0 Å². The fourth-order valence-electron chi connectivity index (χ4n) is 3.16. The molecule has 0 saturated carbocycles. The second kappa shape index (κ2) is 7.24. The first-order chi connectivity index (χ1) is 12.4. The Balaban J connectivity index is 1.64. The van der Waals surface area contributed by atoms with E-state index in [-0.39, 0.29) is 17.3 Å². The Hall–Kier alpha value is -2.75. The number of nitrogens with zero attached hydrogens (tertiary/aromatic N) is 7. The first-order valence-corrected chi connectivity index (χ1v) is 8.61. The van der Waals surface area contributed by atoms with Crippen LogP contribution in [0, 0.1) is 17.0 Å². The molecule has 3 heterocycles. The van der Waals surface area contributed by atoms with E-state index < -0.39 is 4.92 Å². The van der Waals surface area contributed by atoms with Crippen LogP contribution in [0.3, 0.4) is 0 Å². The summed E-state index contributed by atoms with van der Waals surface area (Å²) in [6, 6.07) is 0. The molecule has 0 radical (unpaired) electrons. The molecule has 0 aliphatic carbocycles. The fourth-order valence-corrected chi connectivity index (χ4v) is 3.16. The summed E-state index contributed by atoms with van der Waals surface area (Å²) in [6.07, 6.45) is 3.32. The Labute approximate surface area is 151 Å². The van der Waals surface area contributed by atoms with Gasteiger partial charge in [0.1, 0.15) is 6.20 Å². The van der Waals surface area contributed by atoms with Crippen LogP contribution in [0.2, 0.25) is 0 Å². The number of hydrogen-bond donors (Lipinski definition) is 0. The van der Waals surface area contributed by atoms with Crippen molar-refractivity contribution in [2.24, 2.45) is 7.05 Å². The minimum Gasteiger partial charge on any atom is -0.334 e. The molecule has 10 nitrogen and oxygen atoms in total. The first kappa shape index (κ1) is 18.1. The molecule has 0 unspecified atom stereocenters. The zero-order chi connectivity index (χ0) is 18.8. The molecule has 0 spiro atoms. The second-order valence-corrected chi connectivity index (χ2v) is 6.46. The van der Waals surface area contributed by atoms with Crippen molar-refractivity contribution < 1.29 is 9.72 Å². The number of carbonyl (C=O) groups is 1. The van der Waals surface area contributed by atoms with Crippen LogP contribution in [0.1, 0.15) is 28.7 Å². The van der Waals surface area contributed by atoms with Gasteiger partial charge in [-0.15, -0.1) is 0 Å². The molecule has 1 aliphatic rings. The van der Waals surface area contributed by atoms with Gasteiger partial charge in [-0.1, -0.05) is 0 Å². The van der Waals surface area contributed by atoms with Gasteiger partial charge < -0.3 is 4.90 Å². The number of aryl methyl sites for hydroxylation is 3. The fraction of sp³-hybridized carbons (Fsp3) is 0.562. The Bertz CT molecular complexity index is 818. The summed E-state index contributed by atoms with van der Waals surface area (Å²) in [5.74, 6) is -0.374. The van der Waals surface area contributed by atoms with Crippen molar-refractivity contribution in [3.05, 3.63) is 39.5 Å². The lowest BCUT2D eigenvalue weighted by Crippen LogP contribution is -2.48. The first-order valence-electron chi connectivity index (χ1n) is 8.61. The van der Waals surface area contributed by atoms with Gasteiger partial charge in [0.05, 0.1) is 10.6 Å². The van der Waals surface area contributed by atoms with E-state index in [2.05, 4.69) is 15.1 Å². The van der Waals surface area contributed by atoms with E-state index >= 15 is 0 Å². The third-order valence-electron chi connectivity index (χ3n) is 4.63. The molecule has 1 saturated heterocycles. The number of nitro groups is 1. The SMILES string of the molecule is CCn1cc([N+](=O)[O-])c(C(=O)N2CCN(Cc3cn(C)nc3C)CC2)n1. The van der Waals surface area contributed by atoms with E-state index in [9.17, 15) is 14.9 Å². The van der Waals surface area contributed by atoms with Crippen LogP contribution in [0.25, 0.3) is 0 Å². The lowest BCUT2D eigenvalue weighted by molar-refractivity contribution is -0.385. The summed E-state index contributed by atoms with van der Waals surface area (Å²) >= 11 is 0. The molecule has 0 N–H and O–H groups in total. The number of piperazine rings is 1. The van der Waals surface area contributed by atoms with Gasteiger partial charge in [0, 0.05) is 58.1 Å². The summed E-state index contributed by atoms with van der Waals surface area (Å²) in [7, 11) is 1.90. The largest absolute Gasteiger partial charge is 0.334 e. The maximum atomic E-state index is 12.7. The lowest BCUT2D eigenvalue weighted by Gasteiger charge is -2.34. The second-order valence-electron chi connectivity index (χ2n) is 6.46. The normalized spacial score (nSPS) is 15.4. The zero-order valence-electron chi connectivity index (χ0n) is 15.3. The van der Waals surface area contributed by atoms with Gasteiger partial charge in [-0.05, 0) is 13.8 Å². The van der Waals surface area contributed by atoms with Crippen molar-refractivity contribution in [3.63, 3.8) is 0 Å². The van der Waals surface area contributed by atoms with Crippen molar-refractivity contribution in [1.29, 1.82) is 0 Å². The standard InChI is InChI=1S/C16H23N7O3/c1-4-22-11-14(23(25)26)15(18-22)16(24)21-7-5-20(6-8-21)10-13-9-19(3)17-12(13)2/h9,11H,4-8,10H2,1-3H3. The van der Waals surface area contributed by atoms with Gasteiger partial charge in [-0.25, -0.2) is 0 Å². The Morgan fingerprint density at radius 2 is 1.92 bits per heavy atom. The summed E-state index contributed by atoms with van der Waals surface area (Å²) in [6.45, 7) is 7.54. The van der Waals surface area contributed by atoms with Crippen LogP contribution in [-0.2, 0) is 20.1 Å². The number of aromatic nitrogens is 4. The van der Waals surface area contributed by atoms with Crippen molar-refractivity contribution in [1.82, 2.24) is 29.4 Å². The minimum absolute atomic E-state index is 0.0756. The zero-order valence-corrected chi connectivity index (χ0v) is 15.3. The van der Waals surface area contributed by atoms with Crippen LogP contribution in [-0.4, -0.2) is 66.4 Å². The lowest BCUT2D eigenvalue weighted by atomic mass is 10.2. The number of carbonyl (C=O) groups excluding carboxylic acids is 1. The summed E-state index contributed by atoms with van der Waals surface area (Å²) in [5, 5.41) is 19.6. The molecule has 2 aromatic rings. The maximum Gasteiger partial charge on any atom is 0.320 e. The maximum absolute atomic E-state index is 12.7. The van der Waals surface area contributed by atoms with Gasteiger partial charge in [0.25, 0.3) is 5.91 Å². The topological polar surface area (TPSA) is 102 Å². The highest BCUT2D eigenvalue weighted by molar-refractivity contribution is 5.96. The van der Waals surface area contributed by atoms with Crippen LogP contribution in [0.4, 0.5) is 5.69 Å². The summed E-state index contributed by atoms with van der Waals surface area (Å²) < 4.78 is 3.22. The smallest absolute Gasteiger partial charge is 0.320 e. The number of amides is 1. The predicted octanol–water partition coefficient (Wildman–Crippen LogP) is 0.811. The van der Waals surface area contributed by atoms with Crippen LogP contribution < -0.4 is 0 Å². The molecule has 0 bridgehead atoms. The quantitative estimate of drug-likeness (QED) is 0.577. The van der Waals surface area contributed by atoms with Gasteiger partial charge in [0.15, 0.2) is 0 Å². The average molecular weight is 361 g/mol. The van der Waals surface area contributed by atoms with Crippen molar-refractivity contribution >= 4 is 11.6 Å². The van der Waals surface area contributed by atoms with E-state index in [1.807, 2.05) is 27.1 Å². The molecule has 1 aliphatic heterocycles. The molecule has 140 valence electrons. The van der Waals surface area contributed by atoms with E-state index in [0.717, 1.165) is 12.2 Å². The molecule has 2 aromatic heterocycles. The van der Waals surface area contributed by atoms with Crippen molar-refractivity contribution in [2.45, 2.75) is 26.9 Å². The molecule has 0 atom stereocenters. The van der Waals surface area contributed by atoms with Gasteiger partial charge in [0.2, 0.25) is 5.69 Å². The molecular weight excluding hydrogens is 338 g/mol. The molecule has 26 heavy (non-hydrogen) atoms. The summed E-state index contributed by atoms with van der Waals surface area (Å²) in [4.78, 5) is 27.2. The average Bonchev–Trinajstić information content (AvgIpc) is 3.18. The molecule has 10 heteroatoms. The summed E-state index contributed by atoms with van der Waals surface area (Å²) in [5.41, 5.74) is 1.87. The van der Waals surface area contributed by atoms with Crippen molar-refractivity contribution in [2.75, 3.05) is 26.2 Å². The highest BCUT2D eigenvalue weighted by atomic mass is 16.6. The van der Waals surface area contributed by atoms with Gasteiger partial charge in [-0.2, -0.15) is 10.2 Å². The highest BCUT2D eigenvalue weighted by Gasteiger charge is 2.31. The van der Waals surface area contributed by atoms with E-state index in [1.54, 1.807) is 9.58 Å².